The molecule has 2 heteroatoms. The lowest BCUT2D eigenvalue weighted by atomic mass is 9.56. The van der Waals surface area contributed by atoms with Gasteiger partial charge in [0.15, 0.2) is 5.78 Å². The van der Waals surface area contributed by atoms with Crippen molar-refractivity contribution in [1.82, 2.24) is 0 Å². The van der Waals surface area contributed by atoms with Crippen molar-refractivity contribution in [2.45, 2.75) is 58.5 Å². The number of allylic oxidation sites excluding steroid dienone is 1. The molecule has 2 nitrogen and oxygen atoms in total. The fourth-order valence-corrected chi connectivity index (χ4v) is 4.17. The van der Waals surface area contributed by atoms with Crippen LogP contribution in [-0.2, 0) is 4.79 Å². The molecule has 2 aliphatic carbocycles. The van der Waals surface area contributed by atoms with Crippen molar-refractivity contribution in [2.24, 2.45) is 17.3 Å². The Kier molecular flexibility index (Phi) is 2.97. The quantitative estimate of drug-likeness (QED) is 0.748. The van der Waals surface area contributed by atoms with Crippen LogP contribution in [0.5, 0.6) is 0 Å². The second-order valence-corrected chi connectivity index (χ2v) is 6.34. The predicted molar refractivity (Wildman–Crippen MR) is 68.6 cm³/mol. The summed E-state index contributed by atoms with van der Waals surface area (Å²) < 4.78 is 0. The molecule has 0 saturated heterocycles. The van der Waals surface area contributed by atoms with Gasteiger partial charge in [0.2, 0.25) is 0 Å². The topological polar surface area (TPSA) is 37.3 Å². The first-order valence-electron chi connectivity index (χ1n) is 6.75. The Bertz CT molecular complexity index is 360. The fourth-order valence-electron chi connectivity index (χ4n) is 4.17. The highest BCUT2D eigenvalue weighted by atomic mass is 16.3. The minimum absolute atomic E-state index is 0.0275. The average molecular weight is 236 g/mol. The van der Waals surface area contributed by atoms with Crippen molar-refractivity contribution in [3.8, 4) is 0 Å². The molecule has 0 aromatic carbocycles. The van der Waals surface area contributed by atoms with Gasteiger partial charge < -0.3 is 5.11 Å². The van der Waals surface area contributed by atoms with Crippen LogP contribution < -0.4 is 0 Å². The Hall–Kier alpha value is -0.630. The number of fused-ring (bicyclic) bond motifs is 1. The summed E-state index contributed by atoms with van der Waals surface area (Å²) in [5.41, 5.74) is -0.236. The van der Waals surface area contributed by atoms with Crippen molar-refractivity contribution in [3.63, 3.8) is 0 Å². The van der Waals surface area contributed by atoms with Crippen molar-refractivity contribution in [3.05, 3.63) is 12.2 Å². The lowest BCUT2D eigenvalue weighted by Gasteiger charge is -2.50. The Morgan fingerprint density at radius 3 is 2.59 bits per heavy atom. The summed E-state index contributed by atoms with van der Waals surface area (Å²) in [5.74, 6) is 0.550. The standard InChI is InChI=1S/C15H24O2/c1-10(2)13(16)12-7-9-15(17)8-5-6-11(3)14(12,15)4/h11-12,17H,1,5-9H2,2-4H3/t11-,12+,14-,15+/m1/s1. The van der Waals surface area contributed by atoms with Gasteiger partial charge in [-0.05, 0) is 44.1 Å². The second kappa shape index (κ2) is 3.94. The number of Topliss-reactive ketones (excluding diaryl/α,β-unsaturated/α-hetero) is 1. The minimum Gasteiger partial charge on any atom is -0.389 e. The third kappa shape index (κ3) is 1.61. The van der Waals surface area contributed by atoms with E-state index in [4.69, 9.17) is 0 Å². The van der Waals surface area contributed by atoms with Gasteiger partial charge in [-0.1, -0.05) is 26.8 Å². The van der Waals surface area contributed by atoms with Gasteiger partial charge in [0.25, 0.3) is 0 Å². The van der Waals surface area contributed by atoms with Gasteiger partial charge in [-0.3, -0.25) is 4.79 Å². The number of hydrogen-bond donors (Lipinski definition) is 1. The van der Waals surface area contributed by atoms with E-state index in [2.05, 4.69) is 20.4 Å². The van der Waals surface area contributed by atoms with Crippen LogP contribution in [0, 0.1) is 17.3 Å². The zero-order valence-electron chi connectivity index (χ0n) is 11.3. The lowest BCUT2D eigenvalue weighted by Crippen LogP contribution is -2.53. The number of aliphatic hydroxyl groups is 1. The first-order chi connectivity index (χ1) is 7.83. The zero-order valence-corrected chi connectivity index (χ0v) is 11.3. The summed E-state index contributed by atoms with van der Waals surface area (Å²) >= 11 is 0. The zero-order chi connectivity index (χ0) is 12.8. The van der Waals surface area contributed by atoms with Crippen LogP contribution in [0.25, 0.3) is 0 Å². The fraction of sp³-hybridized carbons (Fsp3) is 0.800. The molecule has 0 amide bonds. The van der Waals surface area contributed by atoms with Crippen LogP contribution in [-0.4, -0.2) is 16.5 Å². The Morgan fingerprint density at radius 2 is 2.00 bits per heavy atom. The van der Waals surface area contributed by atoms with E-state index in [1.807, 2.05) is 0 Å². The molecule has 2 saturated carbocycles. The summed E-state index contributed by atoms with van der Waals surface area (Å²) in [4.78, 5) is 12.3. The van der Waals surface area contributed by atoms with Gasteiger partial charge >= 0.3 is 0 Å². The number of carbonyl (C=O) groups excluding carboxylic acids is 1. The van der Waals surface area contributed by atoms with Crippen molar-refractivity contribution in [1.29, 1.82) is 0 Å². The first-order valence-corrected chi connectivity index (χ1v) is 6.75. The number of hydrogen-bond acceptors (Lipinski definition) is 2. The highest BCUT2D eigenvalue weighted by Gasteiger charge is 2.61. The van der Waals surface area contributed by atoms with Gasteiger partial charge in [0, 0.05) is 11.3 Å². The third-order valence-corrected chi connectivity index (χ3v) is 5.56. The summed E-state index contributed by atoms with van der Waals surface area (Å²) in [6.07, 6.45) is 4.66. The molecule has 17 heavy (non-hydrogen) atoms. The van der Waals surface area contributed by atoms with Crippen LogP contribution >= 0.6 is 0 Å². The maximum absolute atomic E-state index is 12.3. The molecule has 96 valence electrons. The van der Waals surface area contributed by atoms with E-state index in [9.17, 15) is 9.90 Å². The van der Waals surface area contributed by atoms with Crippen LogP contribution in [0.3, 0.4) is 0 Å². The van der Waals surface area contributed by atoms with Crippen LogP contribution in [0.4, 0.5) is 0 Å². The van der Waals surface area contributed by atoms with E-state index in [0.717, 1.165) is 32.1 Å². The number of rotatable bonds is 2. The maximum Gasteiger partial charge on any atom is 0.161 e. The molecule has 0 aliphatic heterocycles. The van der Waals surface area contributed by atoms with Gasteiger partial charge in [-0.15, -0.1) is 0 Å². The molecule has 2 rings (SSSR count). The van der Waals surface area contributed by atoms with E-state index >= 15 is 0 Å². The highest BCUT2D eigenvalue weighted by Crippen LogP contribution is 2.60. The molecule has 1 N–H and O–H groups in total. The third-order valence-electron chi connectivity index (χ3n) is 5.56. The van der Waals surface area contributed by atoms with E-state index in [0.29, 0.717) is 11.5 Å². The normalized spacial score (nSPS) is 45.4. The molecular weight excluding hydrogens is 212 g/mol. The van der Waals surface area contributed by atoms with Crippen LogP contribution in [0.1, 0.15) is 52.9 Å². The predicted octanol–water partition coefficient (Wildman–Crippen LogP) is 3.10. The first kappa shape index (κ1) is 12.8. The van der Waals surface area contributed by atoms with E-state index in [1.54, 1.807) is 6.92 Å². The molecule has 0 spiro atoms. The molecular formula is C15H24O2. The van der Waals surface area contributed by atoms with Crippen LogP contribution in [0.15, 0.2) is 12.2 Å². The summed E-state index contributed by atoms with van der Waals surface area (Å²) in [6, 6.07) is 0. The van der Waals surface area contributed by atoms with E-state index < -0.39 is 5.60 Å². The molecule has 0 unspecified atom stereocenters. The van der Waals surface area contributed by atoms with E-state index in [-0.39, 0.29) is 17.1 Å². The lowest BCUT2D eigenvalue weighted by molar-refractivity contribution is -0.145. The molecule has 2 aliphatic rings. The average Bonchev–Trinajstić information content (AvgIpc) is 2.53. The van der Waals surface area contributed by atoms with Gasteiger partial charge in [-0.25, -0.2) is 0 Å². The van der Waals surface area contributed by atoms with Gasteiger partial charge in [0.05, 0.1) is 5.60 Å². The number of ketones is 1. The summed E-state index contributed by atoms with van der Waals surface area (Å²) in [6.45, 7) is 9.88. The molecule has 0 radical (unpaired) electrons. The smallest absolute Gasteiger partial charge is 0.161 e. The SMILES string of the molecule is C=C(C)C(=O)[C@@H]1CC[C@@]2(O)CCC[C@@H](C)[C@]12C. The van der Waals surface area contributed by atoms with Gasteiger partial charge in [-0.2, -0.15) is 0 Å². The second-order valence-electron chi connectivity index (χ2n) is 6.34. The molecule has 0 aromatic heterocycles. The maximum atomic E-state index is 12.3. The largest absolute Gasteiger partial charge is 0.389 e. The highest BCUT2D eigenvalue weighted by molar-refractivity contribution is 5.97. The molecule has 0 heterocycles. The van der Waals surface area contributed by atoms with Crippen molar-refractivity contribution < 1.29 is 9.90 Å². The molecule has 2 fully saturated rings. The minimum atomic E-state index is -0.625. The monoisotopic (exact) mass is 236 g/mol. The number of carbonyl (C=O) groups is 1. The van der Waals surface area contributed by atoms with E-state index in [1.165, 1.54) is 0 Å². The van der Waals surface area contributed by atoms with Crippen LogP contribution in [0.2, 0.25) is 0 Å². The molecule has 0 bridgehead atoms. The van der Waals surface area contributed by atoms with Gasteiger partial charge in [0.1, 0.15) is 0 Å². The Morgan fingerprint density at radius 1 is 1.35 bits per heavy atom. The summed E-state index contributed by atoms with van der Waals surface area (Å²) in [7, 11) is 0. The van der Waals surface area contributed by atoms with Crippen molar-refractivity contribution >= 4 is 5.78 Å². The van der Waals surface area contributed by atoms with Crippen molar-refractivity contribution in [2.75, 3.05) is 0 Å². The molecule has 0 aromatic rings. The molecule has 4 atom stereocenters. The summed E-state index contributed by atoms with van der Waals surface area (Å²) in [5, 5.41) is 10.9. The Balaban J connectivity index is 2.38. The Labute approximate surface area is 104 Å².